The second-order valence-corrected chi connectivity index (χ2v) is 5.14. The van der Waals surface area contributed by atoms with E-state index in [4.69, 9.17) is 5.26 Å². The van der Waals surface area contributed by atoms with E-state index in [0.29, 0.717) is 5.56 Å². The molecule has 0 spiro atoms. The maximum absolute atomic E-state index is 9.04. The topological polar surface area (TPSA) is 53.6 Å². The van der Waals surface area contributed by atoms with Crippen LogP contribution >= 0.6 is 0 Å². The molecule has 0 radical (unpaired) electrons. The first kappa shape index (κ1) is 13.3. The summed E-state index contributed by atoms with van der Waals surface area (Å²) in [5.74, 6) is 0. The fourth-order valence-corrected chi connectivity index (χ4v) is 2.02. The predicted molar refractivity (Wildman–Crippen MR) is 75.1 cm³/mol. The van der Waals surface area contributed by atoms with Gasteiger partial charge in [0.25, 0.3) is 0 Å². The number of nitriles is 1. The highest BCUT2D eigenvalue weighted by Crippen LogP contribution is 2.24. The van der Waals surface area contributed by atoms with E-state index in [0.717, 1.165) is 16.9 Å². The molecule has 0 saturated heterocycles. The molecule has 1 aromatic carbocycles. The molecule has 1 heterocycles. The van der Waals surface area contributed by atoms with Crippen molar-refractivity contribution in [3.63, 3.8) is 0 Å². The molecule has 1 aromatic heterocycles. The third-order valence-corrected chi connectivity index (χ3v) is 3.50. The summed E-state index contributed by atoms with van der Waals surface area (Å²) < 4.78 is 2.03. The van der Waals surface area contributed by atoms with Gasteiger partial charge in [0, 0.05) is 0 Å². The van der Waals surface area contributed by atoms with Gasteiger partial charge in [-0.25, -0.2) is 4.98 Å². The van der Waals surface area contributed by atoms with Crippen LogP contribution in [0, 0.1) is 18.3 Å². The molecule has 0 aliphatic rings. The standard InChI is InChI=1S/C15H18N4/c1-11-5-6-12(8-16)7-13(11)19-10-18-9-14(19)15(2,3)17-4/h5-7,9-10,17H,1-4H3. The van der Waals surface area contributed by atoms with Crippen molar-refractivity contribution >= 4 is 0 Å². The van der Waals surface area contributed by atoms with Crippen molar-refractivity contribution in [2.24, 2.45) is 0 Å². The van der Waals surface area contributed by atoms with Gasteiger partial charge in [-0.1, -0.05) is 6.07 Å². The summed E-state index contributed by atoms with van der Waals surface area (Å²) in [4.78, 5) is 4.25. The molecule has 2 aromatic rings. The quantitative estimate of drug-likeness (QED) is 0.915. The number of aromatic nitrogens is 2. The molecule has 0 saturated carbocycles. The highest BCUT2D eigenvalue weighted by Gasteiger charge is 2.23. The normalized spacial score (nSPS) is 11.3. The number of hydrogen-bond donors (Lipinski definition) is 1. The Hall–Kier alpha value is -2.12. The maximum atomic E-state index is 9.04. The Balaban J connectivity index is 2.61. The molecule has 4 nitrogen and oxygen atoms in total. The number of nitrogens with zero attached hydrogens (tertiary/aromatic N) is 3. The lowest BCUT2D eigenvalue weighted by molar-refractivity contribution is 0.424. The van der Waals surface area contributed by atoms with Crippen LogP contribution in [0.4, 0.5) is 0 Å². The monoisotopic (exact) mass is 254 g/mol. The predicted octanol–water partition coefficient (Wildman–Crippen LogP) is 2.51. The van der Waals surface area contributed by atoms with Crippen LogP contribution in [0.15, 0.2) is 30.7 Å². The van der Waals surface area contributed by atoms with Crippen LogP contribution in [0.2, 0.25) is 0 Å². The van der Waals surface area contributed by atoms with Gasteiger partial charge in [0.15, 0.2) is 0 Å². The van der Waals surface area contributed by atoms with Crippen LogP contribution in [0.5, 0.6) is 0 Å². The second-order valence-electron chi connectivity index (χ2n) is 5.14. The van der Waals surface area contributed by atoms with E-state index in [2.05, 4.69) is 30.2 Å². The van der Waals surface area contributed by atoms with Crippen LogP contribution < -0.4 is 5.32 Å². The number of aryl methyl sites for hydroxylation is 1. The minimum absolute atomic E-state index is 0.189. The summed E-state index contributed by atoms with van der Waals surface area (Å²) in [5.41, 5.74) is 3.64. The summed E-state index contributed by atoms with van der Waals surface area (Å²) in [6.07, 6.45) is 3.65. The van der Waals surface area contributed by atoms with E-state index in [-0.39, 0.29) is 5.54 Å². The van der Waals surface area contributed by atoms with Gasteiger partial charge in [0.05, 0.1) is 41.1 Å². The number of rotatable bonds is 3. The molecule has 2 rings (SSSR count). The summed E-state index contributed by atoms with van der Waals surface area (Å²) in [7, 11) is 1.93. The maximum Gasteiger partial charge on any atom is 0.0994 e. The van der Waals surface area contributed by atoms with Crippen molar-refractivity contribution in [1.29, 1.82) is 5.26 Å². The molecule has 98 valence electrons. The zero-order valence-electron chi connectivity index (χ0n) is 11.7. The molecule has 0 amide bonds. The van der Waals surface area contributed by atoms with Gasteiger partial charge in [0.1, 0.15) is 0 Å². The van der Waals surface area contributed by atoms with Gasteiger partial charge in [-0.15, -0.1) is 0 Å². The van der Waals surface area contributed by atoms with Crippen molar-refractivity contribution in [2.45, 2.75) is 26.3 Å². The third kappa shape index (κ3) is 2.38. The van der Waals surface area contributed by atoms with Gasteiger partial charge in [-0.3, -0.25) is 0 Å². The minimum Gasteiger partial charge on any atom is -0.310 e. The van der Waals surface area contributed by atoms with Gasteiger partial charge >= 0.3 is 0 Å². The fraction of sp³-hybridized carbons (Fsp3) is 0.333. The van der Waals surface area contributed by atoms with E-state index in [1.807, 2.05) is 42.9 Å². The van der Waals surface area contributed by atoms with Gasteiger partial charge < -0.3 is 9.88 Å². The van der Waals surface area contributed by atoms with Crippen molar-refractivity contribution < 1.29 is 0 Å². The Morgan fingerprint density at radius 2 is 2.11 bits per heavy atom. The first-order valence-electron chi connectivity index (χ1n) is 6.22. The van der Waals surface area contributed by atoms with E-state index in [1.54, 1.807) is 6.33 Å². The van der Waals surface area contributed by atoms with Gasteiger partial charge in [0.2, 0.25) is 0 Å². The summed E-state index contributed by atoms with van der Waals surface area (Å²) in [6, 6.07) is 7.87. The van der Waals surface area contributed by atoms with Crippen LogP contribution in [0.1, 0.15) is 30.7 Å². The van der Waals surface area contributed by atoms with E-state index >= 15 is 0 Å². The van der Waals surface area contributed by atoms with E-state index < -0.39 is 0 Å². The number of hydrogen-bond acceptors (Lipinski definition) is 3. The van der Waals surface area contributed by atoms with Crippen LogP contribution in [0.25, 0.3) is 5.69 Å². The molecule has 0 bridgehead atoms. The lowest BCUT2D eigenvalue weighted by atomic mass is 10.0. The van der Waals surface area contributed by atoms with Crippen molar-refractivity contribution in [2.75, 3.05) is 7.05 Å². The van der Waals surface area contributed by atoms with Gasteiger partial charge in [-0.2, -0.15) is 5.26 Å². The lowest BCUT2D eigenvalue weighted by Crippen LogP contribution is -2.35. The molecule has 19 heavy (non-hydrogen) atoms. The average molecular weight is 254 g/mol. The zero-order valence-corrected chi connectivity index (χ0v) is 11.7. The molecular formula is C15H18N4. The minimum atomic E-state index is -0.189. The molecule has 4 heteroatoms. The lowest BCUT2D eigenvalue weighted by Gasteiger charge is -2.26. The first-order valence-corrected chi connectivity index (χ1v) is 6.22. The zero-order chi connectivity index (χ0) is 14.0. The molecule has 0 atom stereocenters. The highest BCUT2D eigenvalue weighted by molar-refractivity contribution is 5.48. The largest absolute Gasteiger partial charge is 0.310 e. The molecule has 0 aliphatic heterocycles. The summed E-state index contributed by atoms with van der Waals surface area (Å²) >= 11 is 0. The van der Waals surface area contributed by atoms with Crippen molar-refractivity contribution in [1.82, 2.24) is 14.9 Å². The number of benzene rings is 1. The summed E-state index contributed by atoms with van der Waals surface area (Å²) in [5, 5.41) is 12.3. The Bertz CT molecular complexity index is 632. The number of imidazole rings is 1. The van der Waals surface area contributed by atoms with Crippen molar-refractivity contribution in [3.05, 3.63) is 47.5 Å². The van der Waals surface area contributed by atoms with Gasteiger partial charge in [-0.05, 0) is 45.5 Å². The van der Waals surface area contributed by atoms with Crippen molar-refractivity contribution in [3.8, 4) is 11.8 Å². The molecule has 1 N–H and O–H groups in total. The second kappa shape index (κ2) is 4.87. The Morgan fingerprint density at radius 3 is 2.74 bits per heavy atom. The first-order chi connectivity index (χ1) is 8.99. The highest BCUT2D eigenvalue weighted by atomic mass is 15.1. The van der Waals surface area contributed by atoms with Crippen LogP contribution in [-0.4, -0.2) is 16.6 Å². The SMILES string of the molecule is CNC(C)(C)c1cncn1-c1cc(C#N)ccc1C. The fourth-order valence-electron chi connectivity index (χ4n) is 2.02. The molecule has 0 fully saturated rings. The van der Waals surface area contributed by atoms with Crippen LogP contribution in [-0.2, 0) is 5.54 Å². The smallest absolute Gasteiger partial charge is 0.0994 e. The molecular weight excluding hydrogens is 236 g/mol. The number of nitrogens with one attached hydrogen (secondary N) is 1. The van der Waals surface area contributed by atoms with E-state index in [9.17, 15) is 0 Å². The van der Waals surface area contributed by atoms with E-state index in [1.165, 1.54) is 0 Å². The summed E-state index contributed by atoms with van der Waals surface area (Å²) in [6.45, 7) is 6.24. The third-order valence-electron chi connectivity index (χ3n) is 3.50. The Morgan fingerprint density at radius 1 is 1.37 bits per heavy atom. The molecule has 0 aliphatic carbocycles. The Kier molecular flexibility index (Phi) is 3.41. The average Bonchev–Trinajstić information content (AvgIpc) is 2.89. The Labute approximate surface area is 113 Å². The molecule has 0 unspecified atom stereocenters. The van der Waals surface area contributed by atoms with Crippen LogP contribution in [0.3, 0.4) is 0 Å².